The van der Waals surface area contributed by atoms with E-state index in [1.165, 1.54) is 186 Å². The van der Waals surface area contributed by atoms with Crippen molar-refractivity contribution < 1.29 is 28.6 Å². The van der Waals surface area contributed by atoms with Crippen molar-refractivity contribution in [2.24, 2.45) is 11.8 Å². The first-order chi connectivity index (χ1) is 29.3. The Morgan fingerprint density at radius 3 is 0.950 bits per heavy atom. The topological polar surface area (TPSA) is 78.9 Å². The molecule has 6 nitrogen and oxygen atoms in total. The molecule has 0 rings (SSSR count). The minimum Gasteiger partial charge on any atom is -0.462 e. The Bertz CT molecular complexity index is 918. The fourth-order valence-corrected chi connectivity index (χ4v) is 8.13. The third kappa shape index (κ3) is 45.9. The molecule has 1 unspecified atom stereocenters. The molecule has 0 spiro atoms. The van der Waals surface area contributed by atoms with Crippen LogP contribution in [-0.4, -0.2) is 37.2 Å². The van der Waals surface area contributed by atoms with Crippen LogP contribution in [0.25, 0.3) is 0 Å². The summed E-state index contributed by atoms with van der Waals surface area (Å²) in [5, 5.41) is 0. The molecule has 0 N–H and O–H groups in total. The normalized spacial score (nSPS) is 12.5. The van der Waals surface area contributed by atoms with Gasteiger partial charge in [0.15, 0.2) is 6.10 Å². The molecule has 0 aromatic carbocycles. The highest BCUT2D eigenvalue weighted by atomic mass is 16.6. The molecule has 0 bridgehead atoms. The summed E-state index contributed by atoms with van der Waals surface area (Å²) < 4.78 is 16.8. The summed E-state index contributed by atoms with van der Waals surface area (Å²) >= 11 is 0. The van der Waals surface area contributed by atoms with Crippen LogP contribution in [0.3, 0.4) is 0 Å². The summed E-state index contributed by atoms with van der Waals surface area (Å²) in [5.41, 5.74) is 0. The minimum absolute atomic E-state index is 0.0636. The van der Waals surface area contributed by atoms with Gasteiger partial charge in [-0.1, -0.05) is 259 Å². The monoisotopic (exact) mass is 849 g/mol. The second kappa shape index (κ2) is 46.9. The molecular formula is C54H104O6. The Balaban J connectivity index is 4.28. The lowest BCUT2D eigenvalue weighted by molar-refractivity contribution is -0.167. The number of carbonyl (C=O) groups is 3. The van der Waals surface area contributed by atoms with Gasteiger partial charge in [-0.15, -0.1) is 0 Å². The molecule has 0 fully saturated rings. The van der Waals surface area contributed by atoms with Crippen molar-refractivity contribution >= 4 is 17.9 Å². The number of esters is 3. The summed E-state index contributed by atoms with van der Waals surface area (Å²) in [7, 11) is 0. The summed E-state index contributed by atoms with van der Waals surface area (Å²) in [6.07, 6.45) is 48.0. The zero-order chi connectivity index (χ0) is 44.0. The van der Waals surface area contributed by atoms with E-state index in [4.69, 9.17) is 14.2 Å². The SMILES string of the molecule is CCCCCCCCCCCCC(=O)OC[C@H](COC(=O)CCCCCCCCCCCCC(C)CC)OC(=O)CCCCCCCCCCCCCCCCCC(C)C. The first-order valence-electron chi connectivity index (χ1n) is 26.8. The van der Waals surface area contributed by atoms with Crippen LogP contribution in [0, 0.1) is 11.8 Å². The standard InChI is InChI=1S/C54H104O6/c1-6-8-9-10-11-12-24-29-34-39-44-52(55)58-47-51(48-59-53(56)45-40-35-30-25-21-20-23-28-33-38-43-50(5)7-2)60-54(57)46-41-36-31-26-19-17-15-13-14-16-18-22-27-32-37-42-49(3)4/h49-51H,6-48H2,1-5H3/t50?,51-/m1/s1. The van der Waals surface area contributed by atoms with Crippen LogP contribution in [0.2, 0.25) is 0 Å². The largest absolute Gasteiger partial charge is 0.462 e. The van der Waals surface area contributed by atoms with Gasteiger partial charge >= 0.3 is 17.9 Å². The van der Waals surface area contributed by atoms with E-state index < -0.39 is 6.10 Å². The van der Waals surface area contributed by atoms with Gasteiger partial charge in [0.05, 0.1) is 0 Å². The third-order valence-electron chi connectivity index (χ3n) is 12.6. The maximum absolute atomic E-state index is 12.8. The molecule has 0 aliphatic heterocycles. The molecule has 0 aliphatic rings. The Labute approximate surface area is 374 Å². The van der Waals surface area contributed by atoms with Gasteiger partial charge in [-0.05, 0) is 31.1 Å². The number of ether oxygens (including phenoxy) is 3. The van der Waals surface area contributed by atoms with E-state index in [0.717, 1.165) is 69.6 Å². The Kier molecular flexibility index (Phi) is 45.7. The average molecular weight is 849 g/mol. The van der Waals surface area contributed by atoms with Gasteiger partial charge in [-0.2, -0.15) is 0 Å². The molecule has 0 aliphatic carbocycles. The van der Waals surface area contributed by atoms with Crippen molar-refractivity contribution in [1.29, 1.82) is 0 Å². The fraction of sp³-hybridized carbons (Fsp3) is 0.944. The molecule has 356 valence electrons. The molecular weight excluding hydrogens is 745 g/mol. The number of rotatable bonds is 48. The summed E-state index contributed by atoms with van der Waals surface area (Å²) in [4.78, 5) is 37.9. The van der Waals surface area contributed by atoms with Crippen molar-refractivity contribution in [2.75, 3.05) is 13.2 Å². The Hall–Kier alpha value is -1.59. The number of unbranched alkanes of at least 4 members (excludes halogenated alkanes) is 32. The van der Waals surface area contributed by atoms with Gasteiger partial charge in [0.2, 0.25) is 0 Å². The van der Waals surface area contributed by atoms with E-state index in [2.05, 4.69) is 34.6 Å². The second-order valence-electron chi connectivity index (χ2n) is 19.2. The van der Waals surface area contributed by atoms with Crippen molar-refractivity contribution in [1.82, 2.24) is 0 Å². The Morgan fingerprint density at radius 2 is 0.633 bits per heavy atom. The van der Waals surface area contributed by atoms with Crippen LogP contribution in [-0.2, 0) is 28.6 Å². The van der Waals surface area contributed by atoms with Gasteiger partial charge in [-0.25, -0.2) is 0 Å². The van der Waals surface area contributed by atoms with Crippen LogP contribution in [0.1, 0.15) is 298 Å². The molecule has 0 saturated carbocycles. The average Bonchev–Trinajstić information content (AvgIpc) is 3.23. The van der Waals surface area contributed by atoms with Crippen molar-refractivity contribution in [3.8, 4) is 0 Å². The fourth-order valence-electron chi connectivity index (χ4n) is 8.13. The molecule has 0 heterocycles. The number of hydrogen-bond donors (Lipinski definition) is 0. The van der Waals surface area contributed by atoms with Crippen LogP contribution in [0.5, 0.6) is 0 Å². The van der Waals surface area contributed by atoms with Gasteiger partial charge in [0.25, 0.3) is 0 Å². The molecule has 60 heavy (non-hydrogen) atoms. The highest BCUT2D eigenvalue weighted by Gasteiger charge is 2.19. The van der Waals surface area contributed by atoms with Crippen LogP contribution >= 0.6 is 0 Å². The van der Waals surface area contributed by atoms with Crippen molar-refractivity contribution in [3.63, 3.8) is 0 Å². The summed E-state index contributed by atoms with van der Waals surface area (Å²) in [5.74, 6) is 0.871. The van der Waals surface area contributed by atoms with E-state index in [1.807, 2.05) is 0 Å². The lowest BCUT2D eigenvalue weighted by Gasteiger charge is -2.18. The van der Waals surface area contributed by atoms with E-state index >= 15 is 0 Å². The van der Waals surface area contributed by atoms with Gasteiger partial charge in [0.1, 0.15) is 13.2 Å². The van der Waals surface area contributed by atoms with Crippen LogP contribution in [0.4, 0.5) is 0 Å². The van der Waals surface area contributed by atoms with Crippen LogP contribution < -0.4 is 0 Å². The lowest BCUT2D eigenvalue weighted by atomic mass is 9.99. The summed E-state index contributed by atoms with van der Waals surface area (Å²) in [6.45, 7) is 11.4. The smallest absolute Gasteiger partial charge is 0.306 e. The van der Waals surface area contributed by atoms with E-state index in [1.54, 1.807) is 0 Å². The van der Waals surface area contributed by atoms with Gasteiger partial charge in [0, 0.05) is 19.3 Å². The maximum Gasteiger partial charge on any atom is 0.306 e. The van der Waals surface area contributed by atoms with Crippen LogP contribution in [0.15, 0.2) is 0 Å². The zero-order valence-electron chi connectivity index (χ0n) is 41.1. The third-order valence-corrected chi connectivity index (χ3v) is 12.6. The number of hydrogen-bond acceptors (Lipinski definition) is 6. The van der Waals surface area contributed by atoms with Gasteiger partial charge in [-0.3, -0.25) is 14.4 Å². The van der Waals surface area contributed by atoms with E-state index in [9.17, 15) is 14.4 Å². The first kappa shape index (κ1) is 58.4. The second-order valence-corrected chi connectivity index (χ2v) is 19.2. The Morgan fingerprint density at radius 1 is 0.350 bits per heavy atom. The zero-order valence-corrected chi connectivity index (χ0v) is 41.1. The predicted octanol–water partition coefficient (Wildman–Crippen LogP) is 17.3. The summed E-state index contributed by atoms with van der Waals surface area (Å²) in [6, 6.07) is 0. The molecule has 0 aromatic rings. The maximum atomic E-state index is 12.8. The lowest BCUT2D eigenvalue weighted by Crippen LogP contribution is -2.30. The number of carbonyl (C=O) groups excluding carboxylic acids is 3. The predicted molar refractivity (Wildman–Crippen MR) is 256 cm³/mol. The van der Waals surface area contributed by atoms with E-state index in [-0.39, 0.29) is 31.1 Å². The first-order valence-corrected chi connectivity index (χ1v) is 26.8. The molecule has 6 heteroatoms. The molecule has 0 radical (unpaired) electrons. The minimum atomic E-state index is -0.761. The van der Waals surface area contributed by atoms with Crippen molar-refractivity contribution in [3.05, 3.63) is 0 Å². The molecule has 2 atom stereocenters. The quantitative estimate of drug-likeness (QED) is 0.0345. The molecule has 0 amide bonds. The van der Waals surface area contributed by atoms with E-state index in [0.29, 0.717) is 19.3 Å². The van der Waals surface area contributed by atoms with Gasteiger partial charge < -0.3 is 14.2 Å². The highest BCUT2D eigenvalue weighted by molar-refractivity contribution is 5.71. The highest BCUT2D eigenvalue weighted by Crippen LogP contribution is 2.18. The van der Waals surface area contributed by atoms with Crippen molar-refractivity contribution in [2.45, 2.75) is 304 Å². The molecule has 0 aromatic heterocycles. The molecule has 0 saturated heterocycles.